The number of carbonyl (C=O) groups excluding carboxylic acids is 1. The average Bonchev–Trinajstić information content (AvgIpc) is 2.64. The molecule has 0 radical (unpaired) electrons. The van der Waals surface area contributed by atoms with Crippen molar-refractivity contribution in [3.8, 4) is 0 Å². The Bertz CT molecular complexity index is 660. The van der Waals surface area contributed by atoms with Crippen LogP contribution in [0.5, 0.6) is 0 Å². The van der Waals surface area contributed by atoms with Crippen LogP contribution in [0.3, 0.4) is 0 Å². The summed E-state index contributed by atoms with van der Waals surface area (Å²) in [4.78, 5) is 23.5. The number of Topliss-reactive ketones (excluding diaryl/α,β-unsaturated/α-hetero) is 1. The van der Waals surface area contributed by atoms with Gasteiger partial charge in [-0.25, -0.2) is 0 Å². The van der Waals surface area contributed by atoms with Gasteiger partial charge in [0, 0.05) is 16.6 Å². The highest BCUT2D eigenvalue weighted by Gasteiger charge is 2.15. The lowest BCUT2D eigenvalue weighted by atomic mass is 10.1. The van der Waals surface area contributed by atoms with Crippen LogP contribution in [-0.2, 0) is 6.54 Å². The van der Waals surface area contributed by atoms with Gasteiger partial charge < -0.3 is 0 Å². The number of carbonyl (C=O) groups is 1. The molecule has 0 aliphatic carbocycles. The van der Waals surface area contributed by atoms with Crippen molar-refractivity contribution in [3.63, 3.8) is 0 Å². The van der Waals surface area contributed by atoms with E-state index in [1.807, 2.05) is 0 Å². The predicted octanol–water partition coefficient (Wildman–Crippen LogP) is 3.41. The van der Waals surface area contributed by atoms with Crippen LogP contribution in [0.15, 0.2) is 28.4 Å². The minimum atomic E-state index is -0.230. The zero-order valence-electron chi connectivity index (χ0n) is 9.44. The van der Waals surface area contributed by atoms with Crippen molar-refractivity contribution in [2.24, 2.45) is 0 Å². The zero-order valence-corrected chi connectivity index (χ0v) is 11.8. The van der Waals surface area contributed by atoms with Crippen LogP contribution >= 0.6 is 34.5 Å². The van der Waals surface area contributed by atoms with E-state index in [2.05, 4.69) is 0 Å². The fourth-order valence-corrected chi connectivity index (χ4v) is 2.68. The number of aryl methyl sites for hydroxylation is 1. The molecule has 0 fully saturated rings. The first-order chi connectivity index (χ1) is 8.50. The number of rotatable bonds is 3. The van der Waals surface area contributed by atoms with Crippen molar-refractivity contribution in [3.05, 3.63) is 54.5 Å². The van der Waals surface area contributed by atoms with Gasteiger partial charge in [0.2, 0.25) is 0 Å². The van der Waals surface area contributed by atoms with Gasteiger partial charge in [-0.15, -0.1) is 0 Å². The third kappa shape index (κ3) is 2.51. The number of thiazole rings is 1. The van der Waals surface area contributed by atoms with Gasteiger partial charge in [0.15, 0.2) is 5.78 Å². The summed E-state index contributed by atoms with van der Waals surface area (Å²) >= 11 is 12.9. The van der Waals surface area contributed by atoms with E-state index in [9.17, 15) is 9.59 Å². The van der Waals surface area contributed by atoms with E-state index in [0.717, 1.165) is 17.0 Å². The van der Waals surface area contributed by atoms with E-state index < -0.39 is 0 Å². The van der Waals surface area contributed by atoms with Gasteiger partial charge in [-0.3, -0.25) is 14.2 Å². The first-order valence-corrected chi connectivity index (χ1v) is 6.76. The molecule has 0 N–H and O–H groups in total. The van der Waals surface area contributed by atoms with Gasteiger partial charge in [0.25, 0.3) is 0 Å². The number of ketones is 1. The molecule has 0 unspecified atom stereocenters. The Morgan fingerprint density at radius 1 is 1.39 bits per heavy atom. The zero-order chi connectivity index (χ0) is 13.3. The summed E-state index contributed by atoms with van der Waals surface area (Å²) in [6.45, 7) is 1.76. The molecule has 0 spiro atoms. The molecular weight excluding hydrogens is 293 g/mol. The lowest BCUT2D eigenvalue weighted by Gasteiger charge is -2.06. The van der Waals surface area contributed by atoms with Crippen molar-refractivity contribution in [2.75, 3.05) is 0 Å². The number of hydrogen-bond donors (Lipinski definition) is 0. The summed E-state index contributed by atoms with van der Waals surface area (Å²) in [5.41, 5.74) is 1.10. The predicted molar refractivity (Wildman–Crippen MR) is 74.1 cm³/mol. The van der Waals surface area contributed by atoms with Crippen LogP contribution in [0.25, 0.3) is 0 Å². The van der Waals surface area contributed by atoms with E-state index >= 15 is 0 Å². The molecule has 3 nitrogen and oxygen atoms in total. The molecule has 94 valence electrons. The standard InChI is InChI=1S/C12H9Cl2NO2S/c1-7-6-18-12(17)15(7)5-10(16)8-3-2-4-9(13)11(8)14/h2-4,6H,5H2,1H3. The Morgan fingerprint density at radius 2 is 2.11 bits per heavy atom. The minimum absolute atomic E-state index is 0.0196. The second-order valence-corrected chi connectivity index (χ2v) is 5.36. The highest BCUT2D eigenvalue weighted by atomic mass is 35.5. The maximum atomic E-state index is 12.1. The second-order valence-electron chi connectivity index (χ2n) is 3.75. The van der Waals surface area contributed by atoms with Gasteiger partial charge >= 0.3 is 4.87 Å². The van der Waals surface area contributed by atoms with Crippen molar-refractivity contribution < 1.29 is 4.79 Å². The molecule has 0 aliphatic rings. The number of hydrogen-bond acceptors (Lipinski definition) is 3. The third-order valence-electron chi connectivity index (χ3n) is 2.53. The van der Waals surface area contributed by atoms with Crippen LogP contribution in [0.2, 0.25) is 10.0 Å². The van der Waals surface area contributed by atoms with E-state index in [1.54, 1.807) is 30.5 Å². The summed E-state index contributed by atoms with van der Waals surface area (Å²) in [7, 11) is 0. The molecule has 2 aromatic rings. The molecule has 0 amide bonds. The maximum Gasteiger partial charge on any atom is 0.307 e. The number of halogens is 2. The average molecular weight is 302 g/mol. The molecule has 0 saturated heterocycles. The summed E-state index contributed by atoms with van der Waals surface area (Å²) in [6.07, 6.45) is 0. The molecule has 0 aliphatic heterocycles. The fraction of sp³-hybridized carbons (Fsp3) is 0.167. The summed E-state index contributed by atoms with van der Waals surface area (Å²) in [6, 6.07) is 4.87. The molecule has 6 heteroatoms. The van der Waals surface area contributed by atoms with E-state index in [4.69, 9.17) is 23.2 Å². The van der Waals surface area contributed by atoms with Gasteiger partial charge in [-0.2, -0.15) is 0 Å². The first kappa shape index (κ1) is 13.3. The Hall–Kier alpha value is -1.10. The Balaban J connectivity index is 2.34. The largest absolute Gasteiger partial charge is 0.307 e. The highest BCUT2D eigenvalue weighted by Crippen LogP contribution is 2.26. The van der Waals surface area contributed by atoms with Gasteiger partial charge in [-0.05, 0) is 19.1 Å². The maximum absolute atomic E-state index is 12.1. The van der Waals surface area contributed by atoms with Crippen LogP contribution in [0, 0.1) is 6.92 Å². The molecule has 1 aromatic heterocycles. The molecular formula is C12H9Cl2NO2S. The monoisotopic (exact) mass is 301 g/mol. The van der Waals surface area contributed by atoms with Gasteiger partial charge in [0.1, 0.15) is 0 Å². The lowest BCUT2D eigenvalue weighted by molar-refractivity contribution is 0.0971. The van der Waals surface area contributed by atoms with Crippen LogP contribution < -0.4 is 4.87 Å². The molecule has 18 heavy (non-hydrogen) atoms. The molecule has 0 saturated carbocycles. The first-order valence-electron chi connectivity index (χ1n) is 5.13. The van der Waals surface area contributed by atoms with Crippen molar-refractivity contribution in [1.29, 1.82) is 0 Å². The van der Waals surface area contributed by atoms with E-state index in [0.29, 0.717) is 10.6 Å². The SMILES string of the molecule is Cc1csc(=O)n1CC(=O)c1cccc(Cl)c1Cl. The number of nitrogens with zero attached hydrogens (tertiary/aromatic N) is 1. The molecule has 1 aromatic carbocycles. The Morgan fingerprint density at radius 3 is 2.72 bits per heavy atom. The topological polar surface area (TPSA) is 39.1 Å². The molecule has 0 atom stereocenters. The normalized spacial score (nSPS) is 10.6. The second kappa shape index (κ2) is 5.26. The van der Waals surface area contributed by atoms with Crippen LogP contribution in [0.1, 0.15) is 16.1 Å². The van der Waals surface area contributed by atoms with Crippen LogP contribution in [-0.4, -0.2) is 10.4 Å². The molecule has 2 rings (SSSR count). The quantitative estimate of drug-likeness (QED) is 0.815. The summed E-state index contributed by atoms with van der Waals surface area (Å²) < 4.78 is 1.42. The van der Waals surface area contributed by atoms with Crippen molar-refractivity contribution >= 4 is 40.3 Å². The Labute approximate surface area is 118 Å². The van der Waals surface area contributed by atoms with Crippen molar-refractivity contribution in [2.45, 2.75) is 13.5 Å². The van der Waals surface area contributed by atoms with Gasteiger partial charge in [0.05, 0.1) is 16.6 Å². The molecule has 1 heterocycles. The minimum Gasteiger partial charge on any atom is -0.296 e. The fourth-order valence-electron chi connectivity index (χ4n) is 1.54. The Kier molecular flexibility index (Phi) is 3.90. The van der Waals surface area contributed by atoms with Crippen LogP contribution in [0.4, 0.5) is 0 Å². The van der Waals surface area contributed by atoms with Crippen molar-refractivity contribution in [1.82, 2.24) is 4.57 Å². The third-order valence-corrected chi connectivity index (χ3v) is 4.23. The summed E-state index contributed by atoms with van der Waals surface area (Å²) in [5, 5.41) is 2.27. The van der Waals surface area contributed by atoms with E-state index in [-0.39, 0.29) is 22.2 Å². The number of aromatic nitrogens is 1. The smallest absolute Gasteiger partial charge is 0.296 e. The van der Waals surface area contributed by atoms with Gasteiger partial charge in [-0.1, -0.05) is 40.6 Å². The molecule has 0 bridgehead atoms. The lowest BCUT2D eigenvalue weighted by Crippen LogP contribution is -2.20. The summed E-state index contributed by atoms with van der Waals surface area (Å²) in [5.74, 6) is -0.230. The highest BCUT2D eigenvalue weighted by molar-refractivity contribution is 7.07. The van der Waals surface area contributed by atoms with E-state index in [1.165, 1.54) is 4.57 Å². The number of benzene rings is 1.